The molecule has 0 aromatic heterocycles. The molecule has 2 saturated heterocycles. The van der Waals surface area contributed by atoms with Crippen molar-refractivity contribution >= 4 is 23.4 Å². The Kier molecular flexibility index (Phi) is 9.47. The van der Waals surface area contributed by atoms with Gasteiger partial charge in [-0.1, -0.05) is 42.5 Å². The highest BCUT2D eigenvalue weighted by molar-refractivity contribution is 5.93. The van der Waals surface area contributed by atoms with Crippen molar-refractivity contribution in [3.8, 4) is 11.5 Å². The lowest BCUT2D eigenvalue weighted by Crippen LogP contribution is -2.58. The number of benzene rings is 2. The SMILES string of the molecule is O=C(CN1CC[C@@H]2NC(=O)[C@@H](Cc3ccccc3)NC(=O)C3(C/C=C/C[C@@H]2C1)CCOCC3)Nc1ccc2c(c1)OCCO2. The number of carbonyl (C=O) groups excluding carboxylic acids is 3. The van der Waals surface area contributed by atoms with Gasteiger partial charge in [-0.05, 0) is 55.7 Å². The van der Waals surface area contributed by atoms with E-state index in [4.69, 9.17) is 14.2 Å². The number of ether oxygens (including phenoxy) is 3. The lowest BCUT2D eigenvalue weighted by molar-refractivity contribution is -0.140. The number of anilines is 1. The van der Waals surface area contributed by atoms with Crippen molar-refractivity contribution in [1.29, 1.82) is 0 Å². The molecule has 3 atom stereocenters. The van der Waals surface area contributed by atoms with E-state index in [0.717, 1.165) is 18.4 Å². The van der Waals surface area contributed by atoms with E-state index in [-0.39, 0.29) is 36.2 Å². The van der Waals surface area contributed by atoms with Crippen molar-refractivity contribution in [2.75, 3.05) is 51.4 Å². The first kappa shape index (κ1) is 30.1. The molecule has 3 N–H and O–H groups in total. The van der Waals surface area contributed by atoms with Gasteiger partial charge in [0, 0.05) is 50.5 Å². The number of nitrogens with zero attached hydrogens (tertiary/aromatic N) is 1. The quantitative estimate of drug-likeness (QED) is 0.451. The van der Waals surface area contributed by atoms with Gasteiger partial charge in [-0.15, -0.1) is 0 Å². The van der Waals surface area contributed by atoms with Crippen LogP contribution in [-0.4, -0.2) is 80.8 Å². The summed E-state index contributed by atoms with van der Waals surface area (Å²) in [6, 6.07) is 14.5. The third kappa shape index (κ3) is 7.25. The first-order chi connectivity index (χ1) is 21.5. The van der Waals surface area contributed by atoms with Crippen LogP contribution in [0.1, 0.15) is 37.7 Å². The van der Waals surface area contributed by atoms with E-state index in [1.807, 2.05) is 42.5 Å². The number of carbonyl (C=O) groups is 3. The van der Waals surface area contributed by atoms with E-state index >= 15 is 0 Å². The zero-order valence-corrected chi connectivity index (χ0v) is 25.1. The normalized spacial score (nSPS) is 26.2. The highest BCUT2D eigenvalue weighted by atomic mass is 16.6. The first-order valence-corrected chi connectivity index (χ1v) is 15.8. The molecular formula is C34H42N4O6. The average Bonchev–Trinajstić information content (AvgIpc) is 3.04. The van der Waals surface area contributed by atoms with Gasteiger partial charge in [0.1, 0.15) is 19.3 Å². The fourth-order valence-electron chi connectivity index (χ4n) is 6.72. The molecule has 10 nitrogen and oxygen atoms in total. The molecule has 234 valence electrons. The number of fused-ring (bicyclic) bond motifs is 2. The topological polar surface area (TPSA) is 118 Å². The van der Waals surface area contributed by atoms with Crippen molar-refractivity contribution in [2.24, 2.45) is 11.3 Å². The van der Waals surface area contributed by atoms with Gasteiger partial charge in [0.25, 0.3) is 0 Å². The Balaban J connectivity index is 1.15. The standard InChI is InChI=1S/C34H42N4O6/c39-31(35-26-9-10-29-30(21-26)44-19-18-43-29)23-38-15-11-27-25(22-38)8-4-5-12-34(13-16-42-17-14-34)33(41)37-28(32(40)36-27)20-24-6-2-1-3-7-24/h1-7,9-10,21,25,27-28H,8,11-20,22-23H2,(H,35,39)(H,36,40)(H,37,41)/b5-4+/t25-,27+,28-/m1/s1. The molecule has 2 aromatic rings. The number of piperidine rings is 1. The maximum absolute atomic E-state index is 13.8. The molecule has 0 radical (unpaired) electrons. The van der Waals surface area contributed by atoms with Crippen LogP contribution in [0.4, 0.5) is 5.69 Å². The van der Waals surface area contributed by atoms with Crippen LogP contribution < -0.4 is 25.4 Å². The predicted octanol–water partition coefficient (Wildman–Crippen LogP) is 3.08. The molecule has 2 aromatic carbocycles. The van der Waals surface area contributed by atoms with Crippen molar-refractivity contribution < 1.29 is 28.6 Å². The molecule has 0 aliphatic carbocycles. The Morgan fingerprint density at radius 3 is 2.57 bits per heavy atom. The zero-order chi connectivity index (χ0) is 30.4. The van der Waals surface area contributed by atoms with Crippen LogP contribution in [0, 0.1) is 11.3 Å². The Labute approximate surface area is 258 Å². The lowest BCUT2D eigenvalue weighted by Gasteiger charge is -2.40. The van der Waals surface area contributed by atoms with Crippen molar-refractivity contribution in [2.45, 2.75) is 50.6 Å². The largest absolute Gasteiger partial charge is 0.486 e. The number of likely N-dealkylation sites (tertiary alicyclic amines) is 1. The number of hydrogen-bond acceptors (Lipinski definition) is 7. The highest BCUT2D eigenvalue weighted by Gasteiger charge is 2.41. The zero-order valence-electron chi connectivity index (χ0n) is 25.1. The summed E-state index contributed by atoms with van der Waals surface area (Å²) in [7, 11) is 0. The third-order valence-corrected chi connectivity index (χ3v) is 9.29. The van der Waals surface area contributed by atoms with E-state index in [9.17, 15) is 14.4 Å². The second kappa shape index (κ2) is 13.8. The molecule has 4 aliphatic heterocycles. The third-order valence-electron chi connectivity index (χ3n) is 9.29. The van der Waals surface area contributed by atoms with Gasteiger partial charge < -0.3 is 30.2 Å². The van der Waals surface area contributed by atoms with Crippen LogP contribution in [0.15, 0.2) is 60.7 Å². The average molecular weight is 603 g/mol. The summed E-state index contributed by atoms with van der Waals surface area (Å²) in [5.74, 6) is 1.12. The molecule has 44 heavy (non-hydrogen) atoms. The second-order valence-electron chi connectivity index (χ2n) is 12.3. The summed E-state index contributed by atoms with van der Waals surface area (Å²) in [6.07, 6.45) is 8.03. The van der Waals surface area contributed by atoms with Crippen LogP contribution >= 0.6 is 0 Å². The number of hydrogen-bond donors (Lipinski definition) is 3. The highest BCUT2D eigenvalue weighted by Crippen LogP contribution is 2.36. The maximum Gasteiger partial charge on any atom is 0.243 e. The smallest absolute Gasteiger partial charge is 0.243 e. The summed E-state index contributed by atoms with van der Waals surface area (Å²) in [4.78, 5) is 42.7. The lowest BCUT2D eigenvalue weighted by atomic mass is 9.75. The Hall–Kier alpha value is -3.89. The Bertz CT molecular complexity index is 1360. The minimum absolute atomic E-state index is 0.0594. The molecule has 4 aliphatic rings. The van der Waals surface area contributed by atoms with E-state index in [2.05, 4.69) is 33.0 Å². The summed E-state index contributed by atoms with van der Waals surface area (Å²) >= 11 is 0. The van der Waals surface area contributed by atoms with Crippen LogP contribution in [0.3, 0.4) is 0 Å². The van der Waals surface area contributed by atoms with Gasteiger partial charge in [0.2, 0.25) is 17.7 Å². The van der Waals surface area contributed by atoms with Gasteiger partial charge in [-0.2, -0.15) is 0 Å². The fourth-order valence-corrected chi connectivity index (χ4v) is 6.72. The van der Waals surface area contributed by atoms with Gasteiger partial charge in [-0.25, -0.2) is 0 Å². The van der Waals surface area contributed by atoms with Crippen molar-refractivity contribution in [3.63, 3.8) is 0 Å². The monoisotopic (exact) mass is 602 g/mol. The second-order valence-corrected chi connectivity index (χ2v) is 12.3. The molecule has 0 bridgehead atoms. The van der Waals surface area contributed by atoms with E-state index in [1.165, 1.54) is 0 Å². The van der Waals surface area contributed by atoms with Crippen molar-refractivity contribution in [1.82, 2.24) is 15.5 Å². The van der Waals surface area contributed by atoms with Gasteiger partial charge >= 0.3 is 0 Å². The molecule has 2 fully saturated rings. The predicted molar refractivity (Wildman–Crippen MR) is 165 cm³/mol. The number of nitrogens with one attached hydrogen (secondary N) is 3. The Morgan fingerprint density at radius 2 is 1.75 bits per heavy atom. The number of allylic oxidation sites excluding steroid dienone is 2. The molecule has 1 spiro atoms. The molecule has 4 heterocycles. The minimum Gasteiger partial charge on any atom is -0.486 e. The molecule has 0 unspecified atom stereocenters. The summed E-state index contributed by atoms with van der Waals surface area (Å²) in [6.45, 7) is 3.68. The maximum atomic E-state index is 13.8. The molecule has 6 rings (SSSR count). The van der Waals surface area contributed by atoms with Crippen molar-refractivity contribution in [3.05, 3.63) is 66.2 Å². The molecule has 10 heteroatoms. The minimum atomic E-state index is -0.677. The van der Waals surface area contributed by atoms with E-state index in [0.29, 0.717) is 82.4 Å². The van der Waals surface area contributed by atoms with Crippen LogP contribution in [0.5, 0.6) is 11.5 Å². The summed E-state index contributed by atoms with van der Waals surface area (Å²) in [5.41, 5.74) is 1.08. The molecule has 3 amide bonds. The molecular weight excluding hydrogens is 560 g/mol. The van der Waals surface area contributed by atoms with E-state index < -0.39 is 11.5 Å². The van der Waals surface area contributed by atoms with Crippen LogP contribution in [0.2, 0.25) is 0 Å². The number of rotatable bonds is 5. The number of amides is 3. The van der Waals surface area contributed by atoms with Gasteiger partial charge in [0.15, 0.2) is 11.5 Å². The van der Waals surface area contributed by atoms with Gasteiger partial charge in [-0.3, -0.25) is 19.3 Å². The summed E-state index contributed by atoms with van der Waals surface area (Å²) < 4.78 is 16.8. The first-order valence-electron chi connectivity index (χ1n) is 15.8. The van der Waals surface area contributed by atoms with Gasteiger partial charge in [0.05, 0.1) is 12.0 Å². The summed E-state index contributed by atoms with van der Waals surface area (Å²) in [5, 5.41) is 9.43. The Morgan fingerprint density at radius 1 is 0.955 bits per heavy atom. The fraction of sp³-hybridized carbons (Fsp3) is 0.500. The van der Waals surface area contributed by atoms with E-state index in [1.54, 1.807) is 6.07 Å². The molecule has 0 saturated carbocycles. The van der Waals surface area contributed by atoms with Crippen LogP contribution in [-0.2, 0) is 25.5 Å². The van der Waals surface area contributed by atoms with Crippen LogP contribution in [0.25, 0.3) is 0 Å².